The number of fused-ring (bicyclic) bond motifs is 1. The highest BCUT2D eigenvalue weighted by molar-refractivity contribution is 5.84. The largest absolute Gasteiger partial charge is 0.573 e. The molecule has 0 atom stereocenters. The molecule has 0 amide bonds. The van der Waals surface area contributed by atoms with Crippen LogP contribution >= 0.6 is 0 Å². The standard InChI is InChI=1S/C11H6F4O/c12-10-8-4-2-1-3-7(8)5-6-9(10)16-11(13,14)15/h1-6H. The molecule has 0 aliphatic heterocycles. The van der Waals surface area contributed by atoms with Crippen molar-refractivity contribution in [2.24, 2.45) is 0 Å². The van der Waals surface area contributed by atoms with Crippen molar-refractivity contribution in [3.8, 4) is 5.75 Å². The summed E-state index contributed by atoms with van der Waals surface area (Å²) in [4.78, 5) is 0. The van der Waals surface area contributed by atoms with Gasteiger partial charge in [-0.05, 0) is 11.5 Å². The second-order valence-electron chi connectivity index (χ2n) is 3.15. The van der Waals surface area contributed by atoms with Crippen LogP contribution in [0.3, 0.4) is 0 Å². The third-order valence-electron chi connectivity index (χ3n) is 2.05. The van der Waals surface area contributed by atoms with Crippen molar-refractivity contribution >= 4 is 10.8 Å². The average molecular weight is 230 g/mol. The molecule has 1 nitrogen and oxygen atoms in total. The van der Waals surface area contributed by atoms with Crippen molar-refractivity contribution in [1.82, 2.24) is 0 Å². The molecule has 16 heavy (non-hydrogen) atoms. The maximum Gasteiger partial charge on any atom is 0.573 e. The first kappa shape index (κ1) is 10.7. The lowest BCUT2D eigenvalue weighted by Crippen LogP contribution is -2.17. The average Bonchev–Trinajstić information content (AvgIpc) is 2.21. The molecule has 0 spiro atoms. The van der Waals surface area contributed by atoms with Crippen LogP contribution in [-0.4, -0.2) is 6.36 Å². The summed E-state index contributed by atoms with van der Waals surface area (Å²) in [6.45, 7) is 0. The minimum atomic E-state index is -4.89. The van der Waals surface area contributed by atoms with Gasteiger partial charge in [0.25, 0.3) is 0 Å². The van der Waals surface area contributed by atoms with Crippen molar-refractivity contribution in [2.75, 3.05) is 0 Å². The molecule has 0 radical (unpaired) electrons. The van der Waals surface area contributed by atoms with E-state index in [1.807, 2.05) is 0 Å². The van der Waals surface area contributed by atoms with Crippen LogP contribution in [0, 0.1) is 5.82 Å². The van der Waals surface area contributed by atoms with Crippen molar-refractivity contribution < 1.29 is 22.3 Å². The zero-order valence-corrected chi connectivity index (χ0v) is 7.88. The van der Waals surface area contributed by atoms with Gasteiger partial charge >= 0.3 is 6.36 Å². The van der Waals surface area contributed by atoms with Crippen molar-refractivity contribution in [3.05, 3.63) is 42.2 Å². The van der Waals surface area contributed by atoms with Gasteiger partial charge in [-0.15, -0.1) is 13.2 Å². The first-order valence-electron chi connectivity index (χ1n) is 4.40. The molecular weight excluding hydrogens is 224 g/mol. The summed E-state index contributed by atoms with van der Waals surface area (Å²) in [6, 6.07) is 8.56. The number of ether oxygens (including phenoxy) is 1. The summed E-state index contributed by atoms with van der Waals surface area (Å²) in [6.07, 6.45) is -4.89. The van der Waals surface area contributed by atoms with Crippen LogP contribution < -0.4 is 4.74 Å². The van der Waals surface area contributed by atoms with Gasteiger partial charge in [0.15, 0.2) is 11.6 Å². The number of benzene rings is 2. The predicted molar refractivity (Wildman–Crippen MR) is 50.6 cm³/mol. The van der Waals surface area contributed by atoms with Gasteiger partial charge in [0.1, 0.15) is 0 Å². The highest BCUT2D eigenvalue weighted by atomic mass is 19.4. The van der Waals surface area contributed by atoms with E-state index in [1.165, 1.54) is 12.1 Å². The molecule has 84 valence electrons. The second kappa shape index (κ2) is 3.66. The van der Waals surface area contributed by atoms with Gasteiger partial charge in [-0.2, -0.15) is 0 Å². The molecule has 0 N–H and O–H groups in total. The number of hydrogen-bond donors (Lipinski definition) is 0. The van der Waals surface area contributed by atoms with E-state index in [-0.39, 0.29) is 5.39 Å². The zero-order chi connectivity index (χ0) is 11.8. The molecule has 0 fully saturated rings. The van der Waals surface area contributed by atoms with Gasteiger partial charge in [0, 0.05) is 5.39 Å². The summed E-state index contributed by atoms with van der Waals surface area (Å²) in [5.41, 5.74) is 0. The number of rotatable bonds is 1. The Labute approximate surface area is 88.3 Å². The normalized spacial score (nSPS) is 11.8. The maximum atomic E-state index is 13.6. The van der Waals surface area contributed by atoms with E-state index in [4.69, 9.17) is 0 Å². The Morgan fingerprint density at radius 1 is 0.938 bits per heavy atom. The molecule has 0 aliphatic carbocycles. The van der Waals surface area contributed by atoms with E-state index in [1.54, 1.807) is 18.2 Å². The molecule has 2 rings (SSSR count). The highest BCUT2D eigenvalue weighted by Crippen LogP contribution is 2.30. The van der Waals surface area contributed by atoms with Gasteiger partial charge < -0.3 is 4.74 Å². The van der Waals surface area contributed by atoms with Crippen LogP contribution in [0.1, 0.15) is 0 Å². The molecule has 0 saturated carbocycles. The minimum absolute atomic E-state index is 0.101. The van der Waals surface area contributed by atoms with Crippen molar-refractivity contribution in [3.63, 3.8) is 0 Å². The van der Waals surface area contributed by atoms with Crippen molar-refractivity contribution in [2.45, 2.75) is 6.36 Å². The van der Waals surface area contributed by atoms with E-state index in [2.05, 4.69) is 4.74 Å². The minimum Gasteiger partial charge on any atom is -0.403 e. The predicted octanol–water partition coefficient (Wildman–Crippen LogP) is 3.88. The summed E-state index contributed by atoms with van der Waals surface area (Å²) in [5.74, 6) is -1.82. The van der Waals surface area contributed by atoms with Crippen LogP contribution in [0.25, 0.3) is 10.8 Å². The Balaban J connectivity index is 2.53. The van der Waals surface area contributed by atoms with Gasteiger partial charge in [-0.3, -0.25) is 0 Å². The highest BCUT2D eigenvalue weighted by Gasteiger charge is 2.32. The van der Waals surface area contributed by atoms with Crippen molar-refractivity contribution in [1.29, 1.82) is 0 Å². The summed E-state index contributed by atoms with van der Waals surface area (Å²) in [7, 11) is 0. The maximum absolute atomic E-state index is 13.6. The lowest BCUT2D eigenvalue weighted by Gasteiger charge is -2.10. The number of halogens is 4. The summed E-state index contributed by atoms with van der Waals surface area (Å²) in [5, 5.41) is 0.624. The SMILES string of the molecule is Fc1c(OC(F)(F)F)ccc2ccccc12. The van der Waals surface area contributed by atoms with Gasteiger partial charge in [0.05, 0.1) is 0 Å². The lowest BCUT2D eigenvalue weighted by molar-refractivity contribution is -0.275. The van der Waals surface area contributed by atoms with E-state index in [9.17, 15) is 17.6 Å². The number of alkyl halides is 3. The van der Waals surface area contributed by atoms with E-state index < -0.39 is 17.9 Å². The monoisotopic (exact) mass is 230 g/mol. The van der Waals surface area contributed by atoms with E-state index in [0.717, 1.165) is 6.07 Å². The fourth-order valence-electron chi connectivity index (χ4n) is 1.42. The van der Waals surface area contributed by atoms with E-state index >= 15 is 0 Å². The van der Waals surface area contributed by atoms with Crippen LogP contribution in [0.4, 0.5) is 17.6 Å². The molecular formula is C11H6F4O. The lowest BCUT2D eigenvalue weighted by atomic mass is 10.1. The smallest absolute Gasteiger partial charge is 0.403 e. The molecule has 0 unspecified atom stereocenters. The molecule has 0 bridgehead atoms. The topological polar surface area (TPSA) is 9.23 Å². The first-order chi connectivity index (χ1) is 7.47. The summed E-state index contributed by atoms with van der Waals surface area (Å²) >= 11 is 0. The molecule has 0 saturated heterocycles. The van der Waals surface area contributed by atoms with Crippen LogP contribution in [0.2, 0.25) is 0 Å². The third-order valence-corrected chi connectivity index (χ3v) is 2.05. The van der Waals surface area contributed by atoms with Crippen LogP contribution in [0.15, 0.2) is 36.4 Å². The molecule has 5 heteroatoms. The van der Waals surface area contributed by atoms with Crippen LogP contribution in [-0.2, 0) is 0 Å². The Kier molecular flexibility index (Phi) is 2.46. The zero-order valence-electron chi connectivity index (χ0n) is 7.88. The first-order valence-corrected chi connectivity index (χ1v) is 4.40. The molecule has 2 aromatic carbocycles. The fraction of sp³-hybridized carbons (Fsp3) is 0.0909. The van der Waals surface area contributed by atoms with Gasteiger partial charge in [0.2, 0.25) is 0 Å². The Morgan fingerprint density at radius 2 is 1.62 bits per heavy atom. The molecule has 2 aromatic rings. The Morgan fingerprint density at radius 3 is 2.31 bits per heavy atom. The second-order valence-corrected chi connectivity index (χ2v) is 3.15. The number of hydrogen-bond acceptors (Lipinski definition) is 1. The van der Waals surface area contributed by atoms with Gasteiger partial charge in [-0.1, -0.05) is 30.3 Å². The quantitative estimate of drug-likeness (QED) is 0.675. The van der Waals surface area contributed by atoms with E-state index in [0.29, 0.717) is 5.39 Å². The molecule has 0 aliphatic rings. The molecule has 0 aromatic heterocycles. The Bertz CT molecular complexity index is 519. The Hall–Kier alpha value is -1.78. The fourth-order valence-corrected chi connectivity index (χ4v) is 1.42. The van der Waals surface area contributed by atoms with Crippen LogP contribution in [0.5, 0.6) is 5.75 Å². The molecule has 0 heterocycles. The third kappa shape index (κ3) is 2.08. The summed E-state index contributed by atoms with van der Waals surface area (Å²) < 4.78 is 52.9. The van der Waals surface area contributed by atoms with Gasteiger partial charge in [-0.25, -0.2) is 4.39 Å².